The minimum absolute atomic E-state index is 0.128. The van der Waals surface area contributed by atoms with Gasteiger partial charge >= 0.3 is 0 Å². The fraction of sp³-hybridized carbons (Fsp3) is 0.133. The topological polar surface area (TPSA) is 34.1 Å². The molecule has 0 spiro atoms. The van der Waals surface area contributed by atoms with Crippen molar-refractivity contribution in [2.24, 2.45) is 0 Å². The number of halogens is 2. The number of fused-ring (bicyclic) bond motifs is 1. The molecule has 0 aliphatic rings. The van der Waals surface area contributed by atoms with E-state index >= 15 is 0 Å². The van der Waals surface area contributed by atoms with E-state index in [1.165, 1.54) is 6.07 Å². The molecule has 0 unspecified atom stereocenters. The quantitative estimate of drug-likeness (QED) is 0.755. The largest absolute Gasteiger partial charge is 0.497 e. The zero-order chi connectivity index (χ0) is 14.8. The molecule has 3 rings (SSSR count). The van der Waals surface area contributed by atoms with Crippen molar-refractivity contribution in [2.45, 2.75) is 6.54 Å². The van der Waals surface area contributed by atoms with Gasteiger partial charge in [-0.3, -0.25) is 0 Å². The molecule has 0 atom stereocenters. The van der Waals surface area contributed by atoms with Gasteiger partial charge in [0.05, 0.1) is 22.3 Å². The van der Waals surface area contributed by atoms with Crippen molar-refractivity contribution in [3.8, 4) is 5.75 Å². The summed E-state index contributed by atoms with van der Waals surface area (Å²) in [6.45, 7) is 0.539. The van der Waals surface area contributed by atoms with Crippen molar-refractivity contribution in [1.29, 1.82) is 0 Å². The number of nitrogens with zero attached hydrogens (tertiary/aromatic N) is 1. The Labute approximate surface area is 130 Å². The summed E-state index contributed by atoms with van der Waals surface area (Å²) in [4.78, 5) is 4.49. The smallest absolute Gasteiger partial charge is 0.184 e. The normalized spacial score (nSPS) is 10.8. The monoisotopic (exact) mass is 322 g/mol. The Morgan fingerprint density at radius 3 is 2.90 bits per heavy atom. The molecule has 0 aliphatic heterocycles. The summed E-state index contributed by atoms with van der Waals surface area (Å²) in [6.07, 6.45) is 0. The van der Waals surface area contributed by atoms with E-state index in [1.807, 2.05) is 18.2 Å². The van der Waals surface area contributed by atoms with Crippen LogP contribution in [0.4, 0.5) is 9.52 Å². The Morgan fingerprint density at radius 2 is 2.14 bits per heavy atom. The van der Waals surface area contributed by atoms with E-state index in [0.717, 1.165) is 26.7 Å². The number of ether oxygens (including phenoxy) is 1. The van der Waals surface area contributed by atoms with Crippen LogP contribution in [0.2, 0.25) is 5.02 Å². The maximum atomic E-state index is 13.1. The van der Waals surface area contributed by atoms with Gasteiger partial charge < -0.3 is 10.1 Å². The van der Waals surface area contributed by atoms with E-state index in [-0.39, 0.29) is 5.02 Å². The van der Waals surface area contributed by atoms with Crippen LogP contribution in [0, 0.1) is 5.82 Å². The third kappa shape index (κ3) is 3.09. The molecule has 21 heavy (non-hydrogen) atoms. The zero-order valence-corrected chi connectivity index (χ0v) is 12.8. The minimum Gasteiger partial charge on any atom is -0.497 e. The van der Waals surface area contributed by atoms with E-state index in [9.17, 15) is 4.39 Å². The maximum absolute atomic E-state index is 13.1. The fourth-order valence-corrected chi connectivity index (χ4v) is 3.03. The van der Waals surface area contributed by atoms with E-state index < -0.39 is 5.82 Å². The van der Waals surface area contributed by atoms with Gasteiger partial charge in [-0.25, -0.2) is 9.37 Å². The van der Waals surface area contributed by atoms with Crippen molar-refractivity contribution in [3.05, 3.63) is 52.8 Å². The Kier molecular flexibility index (Phi) is 3.94. The molecule has 3 aromatic rings. The van der Waals surface area contributed by atoms with E-state index in [1.54, 1.807) is 30.6 Å². The molecule has 0 saturated heterocycles. The lowest BCUT2D eigenvalue weighted by Gasteiger charge is -2.03. The molecule has 0 fully saturated rings. The molecule has 0 saturated carbocycles. The number of methoxy groups -OCH3 is 1. The number of nitrogens with one attached hydrogen (secondary N) is 1. The number of hydrogen-bond acceptors (Lipinski definition) is 4. The highest BCUT2D eigenvalue weighted by Gasteiger charge is 2.06. The van der Waals surface area contributed by atoms with Gasteiger partial charge in [0.2, 0.25) is 0 Å². The van der Waals surface area contributed by atoms with Crippen molar-refractivity contribution < 1.29 is 9.13 Å². The molecular weight excluding hydrogens is 311 g/mol. The second kappa shape index (κ2) is 5.87. The zero-order valence-electron chi connectivity index (χ0n) is 11.2. The van der Waals surface area contributed by atoms with Gasteiger partial charge in [-0.15, -0.1) is 0 Å². The van der Waals surface area contributed by atoms with Gasteiger partial charge in [-0.2, -0.15) is 0 Å². The molecule has 0 amide bonds. The van der Waals surface area contributed by atoms with Crippen molar-refractivity contribution in [3.63, 3.8) is 0 Å². The number of aromatic nitrogens is 1. The Bertz CT molecular complexity index is 790. The van der Waals surface area contributed by atoms with Gasteiger partial charge in [0.15, 0.2) is 5.13 Å². The first-order chi connectivity index (χ1) is 10.2. The molecule has 1 aromatic heterocycles. The highest BCUT2D eigenvalue weighted by Crippen LogP contribution is 2.29. The molecule has 0 radical (unpaired) electrons. The van der Waals surface area contributed by atoms with Crippen molar-refractivity contribution in [2.75, 3.05) is 12.4 Å². The molecule has 0 bridgehead atoms. The average molecular weight is 323 g/mol. The summed E-state index contributed by atoms with van der Waals surface area (Å²) >= 11 is 7.31. The molecule has 3 nitrogen and oxygen atoms in total. The summed E-state index contributed by atoms with van der Waals surface area (Å²) < 4.78 is 19.3. The molecular formula is C15H12ClFN2OS. The highest BCUT2D eigenvalue weighted by molar-refractivity contribution is 7.22. The molecule has 2 aromatic carbocycles. The lowest BCUT2D eigenvalue weighted by Crippen LogP contribution is -1.99. The highest BCUT2D eigenvalue weighted by atomic mass is 35.5. The Hall–Kier alpha value is -1.85. The molecule has 1 heterocycles. The van der Waals surface area contributed by atoms with Gasteiger partial charge in [-0.05, 0) is 35.9 Å². The number of hydrogen-bond donors (Lipinski definition) is 1. The number of rotatable bonds is 4. The van der Waals surface area contributed by atoms with Crippen LogP contribution < -0.4 is 10.1 Å². The minimum atomic E-state index is -0.410. The molecule has 108 valence electrons. The summed E-state index contributed by atoms with van der Waals surface area (Å²) in [6, 6.07) is 10.4. The van der Waals surface area contributed by atoms with Crippen LogP contribution >= 0.6 is 22.9 Å². The lowest BCUT2D eigenvalue weighted by molar-refractivity contribution is 0.415. The summed E-state index contributed by atoms with van der Waals surface area (Å²) in [5, 5.41) is 4.15. The Balaban J connectivity index is 1.76. The second-order valence-corrected chi connectivity index (χ2v) is 5.89. The van der Waals surface area contributed by atoms with Crippen LogP contribution in [-0.4, -0.2) is 12.1 Å². The lowest BCUT2D eigenvalue weighted by atomic mass is 10.2. The van der Waals surface area contributed by atoms with E-state index in [0.29, 0.717) is 6.54 Å². The predicted octanol–water partition coefficient (Wildman–Crippen LogP) is 4.71. The maximum Gasteiger partial charge on any atom is 0.184 e. The molecule has 0 aliphatic carbocycles. The number of benzene rings is 2. The number of thiazole rings is 1. The van der Waals surface area contributed by atoms with Crippen LogP contribution in [0.1, 0.15) is 5.56 Å². The third-order valence-electron chi connectivity index (χ3n) is 3.02. The molecule has 1 N–H and O–H groups in total. The van der Waals surface area contributed by atoms with Gasteiger partial charge in [0, 0.05) is 6.54 Å². The van der Waals surface area contributed by atoms with E-state index in [4.69, 9.17) is 16.3 Å². The third-order valence-corrected chi connectivity index (χ3v) is 4.29. The first-order valence-electron chi connectivity index (χ1n) is 6.28. The number of anilines is 1. The standard InChI is InChI=1S/C15H12ClFN2OS/c1-20-10-3-5-13-14(7-10)21-15(19-13)18-8-9-2-4-12(17)11(16)6-9/h2-7H,8H2,1H3,(H,18,19). The fourth-order valence-electron chi connectivity index (χ4n) is 1.93. The van der Waals surface area contributed by atoms with Crippen LogP contribution in [-0.2, 0) is 6.54 Å². The van der Waals surface area contributed by atoms with Crippen molar-refractivity contribution >= 4 is 38.3 Å². The molecule has 6 heteroatoms. The second-order valence-electron chi connectivity index (χ2n) is 4.45. The van der Waals surface area contributed by atoms with Crippen molar-refractivity contribution in [1.82, 2.24) is 4.98 Å². The van der Waals surface area contributed by atoms with Crippen LogP contribution in [0.25, 0.3) is 10.2 Å². The van der Waals surface area contributed by atoms with Crippen LogP contribution in [0.15, 0.2) is 36.4 Å². The summed E-state index contributed by atoms with van der Waals surface area (Å²) in [5.41, 5.74) is 1.82. The Morgan fingerprint density at radius 1 is 1.29 bits per heavy atom. The van der Waals surface area contributed by atoms with Gasteiger partial charge in [0.1, 0.15) is 11.6 Å². The van der Waals surface area contributed by atoms with E-state index in [2.05, 4.69) is 10.3 Å². The summed E-state index contributed by atoms with van der Waals surface area (Å²) in [5.74, 6) is 0.399. The average Bonchev–Trinajstić information content (AvgIpc) is 2.90. The van der Waals surface area contributed by atoms with Crippen LogP contribution in [0.3, 0.4) is 0 Å². The first kappa shape index (κ1) is 14.1. The van der Waals surface area contributed by atoms with Crippen LogP contribution in [0.5, 0.6) is 5.75 Å². The summed E-state index contributed by atoms with van der Waals surface area (Å²) in [7, 11) is 1.64. The SMILES string of the molecule is COc1ccc2nc(NCc3ccc(F)c(Cl)c3)sc2c1. The first-order valence-corrected chi connectivity index (χ1v) is 7.47. The predicted molar refractivity (Wildman–Crippen MR) is 84.9 cm³/mol. The van der Waals surface area contributed by atoms with Gasteiger partial charge in [-0.1, -0.05) is 29.0 Å². The van der Waals surface area contributed by atoms with Gasteiger partial charge in [0.25, 0.3) is 0 Å².